The molecule has 1 unspecified atom stereocenters. The van der Waals surface area contributed by atoms with Gasteiger partial charge < -0.3 is 4.43 Å². The third-order valence-electron chi connectivity index (χ3n) is 1.47. The molecule has 14 heavy (non-hydrogen) atoms. The van der Waals surface area contributed by atoms with Crippen molar-refractivity contribution in [3.63, 3.8) is 0 Å². The quantitative estimate of drug-likeness (QED) is 0.391. The monoisotopic (exact) mass is 210 g/mol. The molecule has 0 radical (unpaired) electrons. The highest BCUT2D eigenvalue weighted by atomic mass is 28.4. The van der Waals surface area contributed by atoms with Crippen molar-refractivity contribution >= 4 is 8.32 Å². The van der Waals surface area contributed by atoms with E-state index in [1.165, 1.54) is 0 Å². The van der Waals surface area contributed by atoms with Crippen LogP contribution in [0.15, 0.2) is 12.2 Å². The molecule has 1 nitrogen and oxygen atoms in total. The average molecular weight is 210 g/mol. The smallest absolute Gasteiger partial charge is 0.185 e. The van der Waals surface area contributed by atoms with Crippen molar-refractivity contribution in [3.05, 3.63) is 12.2 Å². The van der Waals surface area contributed by atoms with Gasteiger partial charge in [-0.1, -0.05) is 18.9 Å². The van der Waals surface area contributed by atoms with Gasteiger partial charge in [0.2, 0.25) is 0 Å². The van der Waals surface area contributed by atoms with E-state index in [0.717, 1.165) is 12.8 Å². The van der Waals surface area contributed by atoms with Crippen LogP contribution in [0.4, 0.5) is 0 Å². The van der Waals surface area contributed by atoms with E-state index in [0.29, 0.717) is 0 Å². The molecule has 0 aliphatic rings. The normalized spacial score (nSPS) is 13.8. The Balaban J connectivity index is 4.25. The van der Waals surface area contributed by atoms with Gasteiger partial charge in [-0.05, 0) is 39.1 Å². The summed E-state index contributed by atoms with van der Waals surface area (Å²) < 4.78 is 5.90. The first-order valence-electron chi connectivity index (χ1n) is 5.28. The zero-order valence-corrected chi connectivity index (χ0v) is 11.1. The molecule has 2 heteroatoms. The highest BCUT2D eigenvalue weighted by molar-refractivity contribution is 6.69. The van der Waals surface area contributed by atoms with Gasteiger partial charge in [0.1, 0.15) is 6.10 Å². The highest BCUT2D eigenvalue weighted by Crippen LogP contribution is 2.07. The lowest BCUT2D eigenvalue weighted by molar-refractivity contribution is 0.298. The van der Waals surface area contributed by atoms with Gasteiger partial charge in [-0.15, -0.1) is 5.92 Å². The summed E-state index contributed by atoms with van der Waals surface area (Å²) in [4.78, 5) is 0. The fourth-order valence-corrected chi connectivity index (χ4v) is 1.87. The van der Waals surface area contributed by atoms with E-state index in [4.69, 9.17) is 4.43 Å². The Labute approximate surface area is 89.7 Å². The molecule has 0 saturated heterocycles. The van der Waals surface area contributed by atoms with E-state index < -0.39 is 8.32 Å². The average Bonchev–Trinajstić information content (AvgIpc) is 2.02. The van der Waals surface area contributed by atoms with E-state index in [-0.39, 0.29) is 6.10 Å². The molecular formula is C12H22OSi. The van der Waals surface area contributed by atoms with E-state index >= 15 is 0 Å². The first-order valence-corrected chi connectivity index (χ1v) is 8.69. The first-order chi connectivity index (χ1) is 6.49. The van der Waals surface area contributed by atoms with Crippen LogP contribution in [0.3, 0.4) is 0 Å². The third kappa shape index (κ3) is 8.09. The molecule has 0 amide bonds. The lowest BCUT2D eigenvalue weighted by atomic mass is 10.3. The molecule has 0 aromatic rings. The Morgan fingerprint density at radius 1 is 1.36 bits per heavy atom. The molecule has 0 aromatic carbocycles. The van der Waals surface area contributed by atoms with Crippen molar-refractivity contribution in [1.82, 2.24) is 0 Å². The summed E-state index contributed by atoms with van der Waals surface area (Å²) in [6, 6.07) is 0. The minimum atomic E-state index is -1.47. The second-order valence-corrected chi connectivity index (χ2v) is 8.71. The zero-order valence-electron chi connectivity index (χ0n) is 10.1. The van der Waals surface area contributed by atoms with Crippen LogP contribution in [0.25, 0.3) is 0 Å². The predicted molar refractivity (Wildman–Crippen MR) is 65.7 cm³/mol. The maximum atomic E-state index is 5.90. The molecule has 0 bridgehead atoms. The van der Waals surface area contributed by atoms with Crippen molar-refractivity contribution in [2.45, 2.75) is 52.4 Å². The van der Waals surface area contributed by atoms with Crippen LogP contribution >= 0.6 is 0 Å². The Hall–Kier alpha value is -0.523. The summed E-state index contributed by atoms with van der Waals surface area (Å²) in [5.74, 6) is 6.29. The number of hydrogen-bond donors (Lipinski definition) is 0. The Bertz CT molecular complexity index is 227. The standard InChI is InChI=1S/C12H22OSi/c1-6-8-9-11-12(10-7-2)13-14(3,4)5/h7,10,12H,6,8H2,1-5H3/b10-7+. The number of rotatable bonds is 4. The van der Waals surface area contributed by atoms with Crippen LogP contribution in [0, 0.1) is 11.8 Å². The SMILES string of the molecule is C/C=C/C(C#CCCC)O[Si](C)(C)C. The topological polar surface area (TPSA) is 9.23 Å². The number of allylic oxidation sites excluding steroid dienone is 1. The fraction of sp³-hybridized carbons (Fsp3) is 0.667. The second kappa shape index (κ2) is 6.86. The second-order valence-electron chi connectivity index (χ2n) is 4.25. The van der Waals surface area contributed by atoms with Crippen LogP contribution in [-0.4, -0.2) is 14.4 Å². The van der Waals surface area contributed by atoms with Crippen LogP contribution < -0.4 is 0 Å². The minimum Gasteiger partial charge on any atom is -0.401 e. The van der Waals surface area contributed by atoms with E-state index in [1.54, 1.807) is 0 Å². The summed E-state index contributed by atoms with van der Waals surface area (Å²) in [5.41, 5.74) is 0. The van der Waals surface area contributed by atoms with Gasteiger partial charge in [-0.25, -0.2) is 0 Å². The van der Waals surface area contributed by atoms with Gasteiger partial charge in [0, 0.05) is 6.42 Å². The number of unbranched alkanes of at least 4 members (excludes halogenated alkanes) is 1. The van der Waals surface area contributed by atoms with Crippen LogP contribution in [0.5, 0.6) is 0 Å². The lowest BCUT2D eigenvalue weighted by Crippen LogP contribution is -2.30. The van der Waals surface area contributed by atoms with Crippen molar-refractivity contribution in [2.24, 2.45) is 0 Å². The van der Waals surface area contributed by atoms with Crippen LogP contribution in [-0.2, 0) is 4.43 Å². The molecule has 0 N–H and O–H groups in total. The fourth-order valence-electron chi connectivity index (χ4n) is 0.970. The molecule has 0 spiro atoms. The van der Waals surface area contributed by atoms with Gasteiger partial charge >= 0.3 is 0 Å². The molecule has 0 rings (SSSR count). The number of hydrogen-bond acceptors (Lipinski definition) is 1. The molecule has 0 aromatic heterocycles. The Kier molecular flexibility index (Phi) is 6.60. The molecule has 0 heterocycles. The minimum absolute atomic E-state index is 0.00165. The zero-order chi connectivity index (χ0) is 11.0. The van der Waals surface area contributed by atoms with Crippen molar-refractivity contribution in [1.29, 1.82) is 0 Å². The highest BCUT2D eigenvalue weighted by Gasteiger charge is 2.17. The van der Waals surface area contributed by atoms with E-state index in [2.05, 4.69) is 38.4 Å². The third-order valence-corrected chi connectivity index (χ3v) is 2.43. The molecule has 0 fully saturated rings. The summed E-state index contributed by atoms with van der Waals surface area (Å²) in [5, 5.41) is 0. The van der Waals surface area contributed by atoms with Gasteiger partial charge in [-0.2, -0.15) is 0 Å². The predicted octanol–water partition coefficient (Wildman–Crippen LogP) is 3.59. The van der Waals surface area contributed by atoms with Crippen LogP contribution in [0.1, 0.15) is 26.7 Å². The summed E-state index contributed by atoms with van der Waals surface area (Å²) >= 11 is 0. The van der Waals surface area contributed by atoms with Gasteiger partial charge in [0.15, 0.2) is 8.32 Å². The molecule has 0 aliphatic heterocycles. The first kappa shape index (κ1) is 13.5. The molecular weight excluding hydrogens is 188 g/mol. The van der Waals surface area contributed by atoms with E-state index in [9.17, 15) is 0 Å². The molecule has 0 aliphatic carbocycles. The summed E-state index contributed by atoms with van der Waals surface area (Å²) in [6.45, 7) is 10.7. The van der Waals surface area contributed by atoms with Gasteiger partial charge in [0.05, 0.1) is 0 Å². The maximum absolute atomic E-state index is 5.90. The van der Waals surface area contributed by atoms with Crippen molar-refractivity contribution in [3.8, 4) is 11.8 Å². The van der Waals surface area contributed by atoms with Gasteiger partial charge in [0.25, 0.3) is 0 Å². The summed E-state index contributed by atoms with van der Waals surface area (Å²) in [7, 11) is -1.47. The van der Waals surface area contributed by atoms with Gasteiger partial charge in [-0.3, -0.25) is 0 Å². The molecule has 0 saturated carbocycles. The largest absolute Gasteiger partial charge is 0.401 e. The Morgan fingerprint density at radius 2 is 2.00 bits per heavy atom. The lowest BCUT2D eigenvalue weighted by Gasteiger charge is -2.20. The Morgan fingerprint density at radius 3 is 2.43 bits per heavy atom. The molecule has 1 atom stereocenters. The molecule has 80 valence electrons. The van der Waals surface area contributed by atoms with E-state index in [1.807, 2.05) is 19.1 Å². The van der Waals surface area contributed by atoms with Crippen molar-refractivity contribution in [2.75, 3.05) is 0 Å². The maximum Gasteiger partial charge on any atom is 0.185 e. The van der Waals surface area contributed by atoms with Crippen molar-refractivity contribution < 1.29 is 4.43 Å². The van der Waals surface area contributed by atoms with Crippen LogP contribution in [0.2, 0.25) is 19.6 Å². The summed E-state index contributed by atoms with van der Waals surface area (Å²) in [6.07, 6.45) is 6.11.